The molecule has 3 aromatic rings. The fraction of sp³-hybridized carbons (Fsp3) is 0.130. The number of anilines is 2. The van der Waals surface area contributed by atoms with Crippen molar-refractivity contribution in [2.75, 3.05) is 17.7 Å². The maximum Gasteiger partial charge on any atom is 0.255 e. The molecule has 2 amide bonds. The number of ether oxygens (including phenoxy) is 1. The van der Waals surface area contributed by atoms with E-state index in [2.05, 4.69) is 10.6 Å². The highest BCUT2D eigenvalue weighted by Gasteiger charge is 2.09. The Kier molecular flexibility index (Phi) is 6.58. The van der Waals surface area contributed by atoms with Gasteiger partial charge in [0.25, 0.3) is 5.91 Å². The first-order chi connectivity index (χ1) is 14.0. The third-order valence-corrected chi connectivity index (χ3v) is 4.36. The Morgan fingerprint density at radius 1 is 0.862 bits per heavy atom. The number of hydrogen-bond donors (Lipinski definition) is 2. The van der Waals surface area contributed by atoms with Gasteiger partial charge in [0, 0.05) is 23.4 Å². The van der Waals surface area contributed by atoms with E-state index in [-0.39, 0.29) is 24.1 Å². The summed E-state index contributed by atoms with van der Waals surface area (Å²) in [6.45, 7) is 0. The van der Waals surface area contributed by atoms with Gasteiger partial charge in [0.05, 0.1) is 7.11 Å². The normalized spacial score (nSPS) is 10.3. The number of nitrogens with one attached hydrogen (secondary N) is 2. The van der Waals surface area contributed by atoms with Crippen LogP contribution in [0.1, 0.15) is 22.3 Å². The quantitative estimate of drug-likeness (QED) is 0.615. The van der Waals surface area contributed by atoms with E-state index in [0.29, 0.717) is 34.7 Å². The van der Waals surface area contributed by atoms with Crippen molar-refractivity contribution in [3.8, 4) is 5.75 Å². The summed E-state index contributed by atoms with van der Waals surface area (Å²) in [5.41, 5.74) is 2.20. The molecule has 0 aliphatic heterocycles. The first kappa shape index (κ1) is 20.1. The first-order valence-electron chi connectivity index (χ1n) is 9.14. The van der Waals surface area contributed by atoms with Gasteiger partial charge in [-0.1, -0.05) is 18.2 Å². The largest absolute Gasteiger partial charge is 0.497 e. The Labute approximate surface area is 168 Å². The average Bonchev–Trinajstić information content (AvgIpc) is 2.74. The second kappa shape index (κ2) is 9.50. The molecule has 0 spiro atoms. The van der Waals surface area contributed by atoms with E-state index < -0.39 is 0 Å². The number of rotatable bonds is 7. The lowest BCUT2D eigenvalue weighted by molar-refractivity contribution is -0.116. The summed E-state index contributed by atoms with van der Waals surface area (Å²) in [6, 6.07) is 20.0. The minimum atomic E-state index is -0.312. The number of amides is 2. The van der Waals surface area contributed by atoms with Gasteiger partial charge in [0.2, 0.25) is 5.91 Å². The van der Waals surface area contributed by atoms with Gasteiger partial charge in [0.1, 0.15) is 11.6 Å². The lowest BCUT2D eigenvalue weighted by Crippen LogP contribution is -2.14. The minimum absolute atomic E-state index is 0.167. The van der Waals surface area contributed by atoms with Crippen LogP contribution in [0.15, 0.2) is 72.8 Å². The molecule has 0 aliphatic carbocycles. The summed E-state index contributed by atoms with van der Waals surface area (Å²) >= 11 is 0. The van der Waals surface area contributed by atoms with Crippen LogP contribution in [0.3, 0.4) is 0 Å². The van der Waals surface area contributed by atoms with Crippen LogP contribution >= 0.6 is 0 Å². The molecule has 0 aliphatic rings. The monoisotopic (exact) mass is 392 g/mol. The van der Waals surface area contributed by atoms with Crippen LogP contribution in [0, 0.1) is 5.82 Å². The molecule has 148 valence electrons. The predicted molar refractivity (Wildman–Crippen MR) is 111 cm³/mol. The summed E-state index contributed by atoms with van der Waals surface area (Å²) < 4.78 is 18.7. The Balaban J connectivity index is 1.53. The van der Waals surface area contributed by atoms with Crippen LogP contribution in [-0.4, -0.2) is 18.9 Å². The molecule has 29 heavy (non-hydrogen) atoms. The van der Waals surface area contributed by atoms with Gasteiger partial charge < -0.3 is 15.4 Å². The molecule has 0 saturated carbocycles. The zero-order chi connectivity index (χ0) is 20.6. The van der Waals surface area contributed by atoms with Crippen LogP contribution in [0.4, 0.5) is 15.8 Å². The predicted octanol–water partition coefficient (Wildman–Crippen LogP) is 4.66. The van der Waals surface area contributed by atoms with Crippen LogP contribution < -0.4 is 15.4 Å². The molecule has 0 saturated heterocycles. The molecule has 0 aromatic heterocycles. The fourth-order valence-corrected chi connectivity index (χ4v) is 2.76. The topological polar surface area (TPSA) is 67.4 Å². The van der Waals surface area contributed by atoms with Crippen LogP contribution in [0.25, 0.3) is 0 Å². The highest BCUT2D eigenvalue weighted by Crippen LogP contribution is 2.17. The minimum Gasteiger partial charge on any atom is -0.497 e. The number of benzene rings is 3. The molecule has 0 heterocycles. The molecule has 0 fully saturated rings. The van der Waals surface area contributed by atoms with E-state index in [1.165, 1.54) is 6.07 Å². The number of carbonyl (C=O) groups is 2. The summed E-state index contributed by atoms with van der Waals surface area (Å²) in [4.78, 5) is 24.4. The van der Waals surface area contributed by atoms with Gasteiger partial charge in [-0.2, -0.15) is 0 Å². The number of methoxy groups -OCH3 is 1. The van der Waals surface area contributed by atoms with Crippen molar-refractivity contribution in [3.63, 3.8) is 0 Å². The molecule has 3 rings (SSSR count). The number of carbonyl (C=O) groups excluding carboxylic acids is 2. The Hall–Kier alpha value is -3.67. The summed E-state index contributed by atoms with van der Waals surface area (Å²) in [5, 5.41) is 5.55. The fourth-order valence-electron chi connectivity index (χ4n) is 2.76. The molecule has 0 bridgehead atoms. The zero-order valence-electron chi connectivity index (χ0n) is 15.9. The van der Waals surface area contributed by atoms with Gasteiger partial charge in [-0.05, 0) is 66.6 Å². The van der Waals surface area contributed by atoms with Gasteiger partial charge >= 0.3 is 0 Å². The van der Waals surface area contributed by atoms with Crippen LogP contribution in [0.2, 0.25) is 0 Å². The smallest absolute Gasteiger partial charge is 0.255 e. The average molecular weight is 392 g/mol. The Bertz CT molecular complexity index is 986. The molecular weight excluding hydrogens is 371 g/mol. The molecule has 6 heteroatoms. The molecule has 5 nitrogen and oxygen atoms in total. The first-order valence-corrected chi connectivity index (χ1v) is 9.14. The van der Waals surface area contributed by atoms with Crippen molar-refractivity contribution in [2.24, 2.45) is 0 Å². The van der Waals surface area contributed by atoms with Gasteiger partial charge in [-0.15, -0.1) is 0 Å². The van der Waals surface area contributed by atoms with Crippen molar-refractivity contribution < 1.29 is 18.7 Å². The standard InChI is InChI=1S/C23H21FN2O3/c1-29-20-13-11-19(12-14-20)26-23(28)17-6-9-18(10-7-17)25-22(27)15-8-16-4-2-3-5-21(16)24/h2-7,9-14H,8,15H2,1H3,(H,25,27)(H,26,28). The molecule has 3 aromatic carbocycles. The lowest BCUT2D eigenvalue weighted by atomic mass is 10.1. The summed E-state index contributed by atoms with van der Waals surface area (Å²) in [7, 11) is 1.58. The number of halogens is 1. The molecule has 0 radical (unpaired) electrons. The highest BCUT2D eigenvalue weighted by molar-refractivity contribution is 6.04. The van der Waals surface area contributed by atoms with E-state index in [4.69, 9.17) is 4.74 Å². The number of aryl methyl sites for hydroxylation is 1. The SMILES string of the molecule is COc1ccc(NC(=O)c2ccc(NC(=O)CCc3ccccc3F)cc2)cc1. The zero-order valence-corrected chi connectivity index (χ0v) is 15.9. The van der Waals surface area contributed by atoms with Crippen molar-refractivity contribution in [2.45, 2.75) is 12.8 Å². The number of hydrogen-bond acceptors (Lipinski definition) is 3. The van der Waals surface area contributed by atoms with Gasteiger partial charge in [-0.25, -0.2) is 4.39 Å². The summed E-state index contributed by atoms with van der Waals surface area (Å²) in [5.74, 6) is -0.0816. The molecule has 0 atom stereocenters. The van der Waals surface area contributed by atoms with Crippen LogP contribution in [0.5, 0.6) is 5.75 Å². The van der Waals surface area contributed by atoms with E-state index in [0.717, 1.165) is 0 Å². The maximum atomic E-state index is 13.6. The van der Waals surface area contributed by atoms with Gasteiger partial charge in [0.15, 0.2) is 0 Å². The van der Waals surface area contributed by atoms with E-state index in [1.807, 2.05) is 0 Å². The summed E-state index contributed by atoms with van der Waals surface area (Å²) in [6.07, 6.45) is 0.488. The molecule has 0 unspecified atom stereocenters. The third-order valence-electron chi connectivity index (χ3n) is 4.36. The molecular formula is C23H21FN2O3. The van der Waals surface area contributed by atoms with E-state index in [1.54, 1.807) is 73.8 Å². The van der Waals surface area contributed by atoms with Gasteiger partial charge in [-0.3, -0.25) is 9.59 Å². The van der Waals surface area contributed by atoms with E-state index >= 15 is 0 Å². The van der Waals surface area contributed by atoms with Crippen molar-refractivity contribution in [3.05, 3.63) is 89.7 Å². The van der Waals surface area contributed by atoms with E-state index in [9.17, 15) is 14.0 Å². The van der Waals surface area contributed by atoms with Crippen LogP contribution in [-0.2, 0) is 11.2 Å². The third kappa shape index (κ3) is 5.65. The maximum absolute atomic E-state index is 13.6. The second-order valence-corrected chi connectivity index (χ2v) is 6.40. The Morgan fingerprint density at radius 3 is 2.14 bits per heavy atom. The second-order valence-electron chi connectivity index (χ2n) is 6.40. The highest BCUT2D eigenvalue weighted by atomic mass is 19.1. The van der Waals surface area contributed by atoms with Crippen molar-refractivity contribution >= 4 is 23.2 Å². The van der Waals surface area contributed by atoms with Crippen molar-refractivity contribution in [1.82, 2.24) is 0 Å². The molecule has 2 N–H and O–H groups in total. The Morgan fingerprint density at radius 2 is 1.48 bits per heavy atom. The van der Waals surface area contributed by atoms with Crippen molar-refractivity contribution in [1.29, 1.82) is 0 Å². The lowest BCUT2D eigenvalue weighted by Gasteiger charge is -2.08.